The second kappa shape index (κ2) is 6.56. The molecule has 1 N–H and O–H groups in total. The van der Waals surface area contributed by atoms with Crippen molar-refractivity contribution in [2.75, 3.05) is 26.2 Å². The van der Waals surface area contributed by atoms with E-state index in [1.54, 1.807) is 27.9 Å². The summed E-state index contributed by atoms with van der Waals surface area (Å²) in [6, 6.07) is 0. The first kappa shape index (κ1) is 10.1. The normalized spacial score (nSPS) is 15.8. The van der Waals surface area contributed by atoms with Gasteiger partial charge in [-0.3, -0.25) is 9.78 Å². The molecule has 0 spiro atoms. The lowest BCUT2D eigenvalue weighted by atomic mass is 10.4. The Labute approximate surface area is 81.6 Å². The summed E-state index contributed by atoms with van der Waals surface area (Å²) >= 11 is 1.60. The fourth-order valence-electron chi connectivity index (χ4n) is 0.963. The van der Waals surface area contributed by atoms with Crippen molar-refractivity contribution in [3.63, 3.8) is 0 Å². The lowest BCUT2D eigenvalue weighted by molar-refractivity contribution is -0.118. The first-order valence-corrected chi connectivity index (χ1v) is 5.10. The molecule has 0 unspecified atom stereocenters. The molecule has 72 valence electrons. The average molecular weight is 199 g/mol. The molecule has 1 saturated heterocycles. The van der Waals surface area contributed by atoms with Crippen molar-refractivity contribution >= 4 is 17.7 Å². The fraction of sp³-hybridized carbons (Fsp3) is 0.500. The molecule has 1 aliphatic rings. The Kier molecular flexibility index (Phi) is 5.12. The van der Waals surface area contributed by atoms with Gasteiger partial charge in [0.15, 0.2) is 0 Å². The van der Waals surface area contributed by atoms with E-state index >= 15 is 0 Å². The Bertz CT molecular complexity index is 192. The minimum absolute atomic E-state index is 0.865. The van der Waals surface area contributed by atoms with E-state index in [4.69, 9.17) is 0 Å². The van der Waals surface area contributed by atoms with Crippen molar-refractivity contribution in [2.45, 2.75) is 0 Å². The van der Waals surface area contributed by atoms with Gasteiger partial charge in [-0.2, -0.15) is 0 Å². The topological polar surface area (TPSA) is 45.2 Å². The number of nitrogens with zero attached hydrogens (tertiary/aromatic N) is 2. The number of carbonyl (C=O) groups is 1. The maximum atomic E-state index is 10.1. The summed E-state index contributed by atoms with van der Waals surface area (Å²) in [6.45, 7) is 3.62. The highest BCUT2D eigenvalue weighted by Crippen LogP contribution is 1.86. The average Bonchev–Trinajstić information content (AvgIpc) is 2.77. The second-order valence-corrected chi connectivity index (χ2v) is 3.32. The smallest absolute Gasteiger partial charge is 0.209 e. The molecule has 0 atom stereocenters. The van der Waals surface area contributed by atoms with Crippen LogP contribution < -0.4 is 5.32 Å². The number of carbonyl (C=O) groups excluding carboxylic acids is 1. The molecule has 1 amide bonds. The zero-order chi connectivity index (χ0) is 9.36. The molecular formula is C8H13N3OS. The minimum Gasteiger partial charge on any atom is -0.343 e. The monoisotopic (exact) mass is 199 g/mol. The summed E-state index contributed by atoms with van der Waals surface area (Å²) in [4.78, 5) is 15.6. The molecule has 0 aromatic carbocycles. The van der Waals surface area contributed by atoms with Gasteiger partial charge in [0.25, 0.3) is 0 Å². The molecule has 0 saturated carbocycles. The summed E-state index contributed by atoms with van der Waals surface area (Å²) in [7, 11) is 0. The third-order valence-corrected chi connectivity index (χ3v) is 2.17. The van der Waals surface area contributed by atoms with Crippen LogP contribution in [0.5, 0.6) is 0 Å². The van der Waals surface area contributed by atoms with E-state index in [1.165, 1.54) is 0 Å². The van der Waals surface area contributed by atoms with Gasteiger partial charge in [0.1, 0.15) is 0 Å². The number of rotatable bonds is 1. The Morgan fingerprint density at radius 3 is 2.54 bits per heavy atom. The van der Waals surface area contributed by atoms with E-state index < -0.39 is 0 Å². The summed E-state index contributed by atoms with van der Waals surface area (Å²) in [5, 5.41) is 5.08. The first-order valence-electron chi connectivity index (χ1n) is 4.15. The van der Waals surface area contributed by atoms with Crippen molar-refractivity contribution in [1.82, 2.24) is 15.2 Å². The highest BCUT2D eigenvalue weighted by Gasteiger charge is 2.04. The number of amides is 1. The van der Waals surface area contributed by atoms with Crippen LogP contribution >= 0.6 is 11.3 Å². The number of thiazole rings is 1. The third-order valence-electron chi connectivity index (χ3n) is 1.65. The predicted octanol–water partition coefficient (Wildman–Crippen LogP) is 0.191. The molecule has 2 rings (SSSR count). The number of aromatic nitrogens is 1. The zero-order valence-corrected chi connectivity index (χ0v) is 8.17. The second-order valence-electron chi connectivity index (χ2n) is 2.57. The summed E-state index contributed by atoms with van der Waals surface area (Å²) in [6.07, 6.45) is 2.67. The molecular weight excluding hydrogens is 186 g/mol. The van der Waals surface area contributed by atoms with Gasteiger partial charge in [-0.05, 0) is 0 Å². The van der Waals surface area contributed by atoms with Gasteiger partial charge in [-0.25, -0.2) is 0 Å². The molecule has 1 aromatic heterocycles. The highest BCUT2D eigenvalue weighted by atomic mass is 32.1. The van der Waals surface area contributed by atoms with Crippen molar-refractivity contribution in [1.29, 1.82) is 0 Å². The van der Waals surface area contributed by atoms with E-state index in [0.717, 1.165) is 32.6 Å². The minimum atomic E-state index is 0.865. The van der Waals surface area contributed by atoms with Crippen LogP contribution in [0.3, 0.4) is 0 Å². The summed E-state index contributed by atoms with van der Waals surface area (Å²) < 4.78 is 0. The van der Waals surface area contributed by atoms with E-state index in [-0.39, 0.29) is 0 Å². The first-order chi connectivity index (χ1) is 6.43. The van der Waals surface area contributed by atoms with Gasteiger partial charge < -0.3 is 10.2 Å². The van der Waals surface area contributed by atoms with E-state index in [0.29, 0.717) is 0 Å². The van der Waals surface area contributed by atoms with Crippen LogP contribution in [0.2, 0.25) is 0 Å². The molecule has 1 fully saturated rings. The predicted molar refractivity (Wildman–Crippen MR) is 52.6 cm³/mol. The van der Waals surface area contributed by atoms with Crippen LogP contribution in [-0.4, -0.2) is 42.5 Å². The van der Waals surface area contributed by atoms with E-state index in [2.05, 4.69) is 10.3 Å². The van der Waals surface area contributed by atoms with Crippen LogP contribution in [0.25, 0.3) is 0 Å². The number of hydrogen-bond donors (Lipinski definition) is 1. The Morgan fingerprint density at radius 1 is 1.46 bits per heavy atom. The lowest BCUT2D eigenvalue weighted by Crippen LogP contribution is -2.42. The van der Waals surface area contributed by atoms with Crippen LogP contribution in [0.1, 0.15) is 0 Å². The fourth-order valence-corrected chi connectivity index (χ4v) is 1.31. The molecule has 0 aliphatic carbocycles. The summed E-state index contributed by atoms with van der Waals surface area (Å²) in [5.41, 5.74) is 1.79. The zero-order valence-electron chi connectivity index (χ0n) is 7.35. The van der Waals surface area contributed by atoms with Crippen LogP contribution in [0.4, 0.5) is 0 Å². The molecule has 1 aromatic rings. The van der Waals surface area contributed by atoms with Gasteiger partial charge >= 0.3 is 0 Å². The van der Waals surface area contributed by atoms with E-state index in [9.17, 15) is 4.79 Å². The molecule has 2 heterocycles. The largest absolute Gasteiger partial charge is 0.343 e. The molecule has 0 radical (unpaired) electrons. The van der Waals surface area contributed by atoms with Crippen LogP contribution in [0, 0.1) is 0 Å². The van der Waals surface area contributed by atoms with Gasteiger partial charge in [-0.15, -0.1) is 11.3 Å². The van der Waals surface area contributed by atoms with Gasteiger partial charge in [0.05, 0.1) is 5.51 Å². The van der Waals surface area contributed by atoms with Crippen LogP contribution in [-0.2, 0) is 4.79 Å². The molecule has 13 heavy (non-hydrogen) atoms. The Balaban J connectivity index is 0.000000145. The van der Waals surface area contributed by atoms with Gasteiger partial charge in [-0.1, -0.05) is 0 Å². The van der Waals surface area contributed by atoms with Gasteiger partial charge in [0, 0.05) is 37.8 Å². The van der Waals surface area contributed by atoms with Crippen LogP contribution in [0.15, 0.2) is 17.1 Å². The Hall–Kier alpha value is -0.940. The number of hydrogen-bond acceptors (Lipinski definition) is 4. The maximum absolute atomic E-state index is 10.1. The maximum Gasteiger partial charge on any atom is 0.209 e. The van der Waals surface area contributed by atoms with Crippen molar-refractivity contribution in [2.24, 2.45) is 0 Å². The SMILES string of the molecule is O=CN1CCNCC1.c1cscn1. The standard InChI is InChI=1S/C5H10N2O.C3H3NS/c8-5-7-3-1-6-2-4-7;1-2-5-3-4-1/h5-6H,1-4H2;1-3H. The highest BCUT2D eigenvalue weighted by molar-refractivity contribution is 7.07. The molecule has 1 aliphatic heterocycles. The molecule has 0 bridgehead atoms. The van der Waals surface area contributed by atoms with Crippen molar-refractivity contribution < 1.29 is 4.79 Å². The van der Waals surface area contributed by atoms with Gasteiger partial charge in [0.2, 0.25) is 6.41 Å². The number of nitrogens with one attached hydrogen (secondary N) is 1. The molecule has 5 heteroatoms. The van der Waals surface area contributed by atoms with E-state index in [1.807, 2.05) is 5.38 Å². The third kappa shape index (κ3) is 4.59. The quantitative estimate of drug-likeness (QED) is 0.657. The summed E-state index contributed by atoms with van der Waals surface area (Å²) in [5.74, 6) is 0. The van der Waals surface area contributed by atoms with Crippen molar-refractivity contribution in [3.8, 4) is 0 Å². The Morgan fingerprint density at radius 2 is 2.23 bits per heavy atom. The number of piperazine rings is 1. The molecule has 4 nitrogen and oxygen atoms in total. The van der Waals surface area contributed by atoms with Crippen molar-refractivity contribution in [3.05, 3.63) is 17.1 Å². The lowest BCUT2D eigenvalue weighted by Gasteiger charge is -2.22.